The van der Waals surface area contributed by atoms with Crippen molar-refractivity contribution in [2.24, 2.45) is 0 Å². The summed E-state index contributed by atoms with van der Waals surface area (Å²) in [6.07, 6.45) is 0.0899. The Labute approximate surface area is 186 Å². The van der Waals surface area contributed by atoms with E-state index in [2.05, 4.69) is 10.6 Å². The molecular weight excluding hydrogens is 444 g/mol. The van der Waals surface area contributed by atoms with Gasteiger partial charge in [0, 0.05) is 11.8 Å². The number of nitro groups is 1. The Hall–Kier alpha value is -3.85. The summed E-state index contributed by atoms with van der Waals surface area (Å²) in [7, 11) is 0. The van der Waals surface area contributed by atoms with Gasteiger partial charge < -0.3 is 10.6 Å². The maximum absolute atomic E-state index is 13.7. The molecule has 2 N–H and O–H groups in total. The fraction of sp³-hybridized carbons (Fsp3) is 0.0909. The Morgan fingerprint density at radius 2 is 1.66 bits per heavy atom. The molecule has 3 aromatic carbocycles. The van der Waals surface area contributed by atoms with E-state index in [4.69, 9.17) is 11.6 Å². The zero-order chi connectivity index (χ0) is 23.3. The lowest BCUT2D eigenvalue weighted by Gasteiger charge is -2.19. The van der Waals surface area contributed by atoms with Crippen LogP contribution in [0, 0.1) is 21.7 Å². The molecule has 0 radical (unpaired) electrons. The van der Waals surface area contributed by atoms with Crippen molar-refractivity contribution >= 4 is 34.8 Å². The lowest BCUT2D eigenvalue weighted by molar-refractivity contribution is -0.384. The summed E-state index contributed by atoms with van der Waals surface area (Å²) in [5.74, 6) is -3.18. The fourth-order valence-electron chi connectivity index (χ4n) is 3.02. The maximum Gasteiger partial charge on any atom is 0.313 e. The van der Waals surface area contributed by atoms with E-state index in [0.717, 1.165) is 6.07 Å². The van der Waals surface area contributed by atoms with E-state index in [0.29, 0.717) is 11.1 Å². The number of nitro benzene ring substituents is 1. The zero-order valence-electron chi connectivity index (χ0n) is 16.3. The molecule has 0 aromatic heterocycles. The number of benzene rings is 3. The Morgan fingerprint density at radius 3 is 2.31 bits per heavy atom. The van der Waals surface area contributed by atoms with Crippen LogP contribution < -0.4 is 10.6 Å². The standard InChI is InChI=1S/C22H16ClF2N3O4/c23-18-8-7-17(12-20(18)28(31)32)26-21(29)22(30)27-19(14-4-2-6-16(25)11-14)10-13-3-1-5-15(24)9-13/h1-9,11-12,19H,10H2,(H,26,29)(H,27,30)/t19-/m1/s1. The van der Waals surface area contributed by atoms with Crippen LogP contribution in [0.15, 0.2) is 66.7 Å². The predicted molar refractivity (Wildman–Crippen MR) is 114 cm³/mol. The zero-order valence-corrected chi connectivity index (χ0v) is 17.1. The van der Waals surface area contributed by atoms with Crippen LogP contribution in [0.2, 0.25) is 5.02 Å². The third-order valence-corrected chi connectivity index (χ3v) is 4.81. The normalized spacial score (nSPS) is 11.5. The van der Waals surface area contributed by atoms with E-state index < -0.39 is 40.1 Å². The van der Waals surface area contributed by atoms with Crippen molar-refractivity contribution in [3.8, 4) is 0 Å². The molecule has 32 heavy (non-hydrogen) atoms. The average molecular weight is 460 g/mol. The molecule has 0 aliphatic heterocycles. The second kappa shape index (κ2) is 9.97. The first kappa shape index (κ1) is 22.8. The first-order valence-electron chi connectivity index (χ1n) is 9.28. The Balaban J connectivity index is 1.79. The molecule has 0 saturated heterocycles. The van der Waals surface area contributed by atoms with Gasteiger partial charge in [0.2, 0.25) is 0 Å². The minimum atomic E-state index is -1.10. The molecule has 1 atom stereocenters. The van der Waals surface area contributed by atoms with Crippen molar-refractivity contribution in [1.29, 1.82) is 0 Å². The highest BCUT2D eigenvalue weighted by atomic mass is 35.5. The third kappa shape index (κ3) is 5.86. The van der Waals surface area contributed by atoms with Crippen molar-refractivity contribution in [1.82, 2.24) is 5.32 Å². The van der Waals surface area contributed by atoms with Gasteiger partial charge in [0.15, 0.2) is 0 Å². The number of amides is 2. The highest BCUT2D eigenvalue weighted by Crippen LogP contribution is 2.27. The molecule has 2 amide bonds. The molecule has 0 spiro atoms. The number of hydrogen-bond donors (Lipinski definition) is 2. The van der Waals surface area contributed by atoms with Crippen LogP contribution in [0.4, 0.5) is 20.2 Å². The minimum absolute atomic E-state index is 0.00585. The molecule has 3 aromatic rings. The smallest absolute Gasteiger partial charge is 0.313 e. The summed E-state index contributed by atoms with van der Waals surface area (Å²) in [5.41, 5.74) is 0.452. The Morgan fingerprint density at radius 1 is 0.969 bits per heavy atom. The van der Waals surface area contributed by atoms with Crippen molar-refractivity contribution in [2.75, 3.05) is 5.32 Å². The maximum atomic E-state index is 13.7. The van der Waals surface area contributed by atoms with E-state index >= 15 is 0 Å². The van der Waals surface area contributed by atoms with E-state index in [1.807, 2.05) is 0 Å². The quantitative estimate of drug-likeness (QED) is 0.320. The van der Waals surface area contributed by atoms with Crippen LogP contribution >= 0.6 is 11.6 Å². The van der Waals surface area contributed by atoms with E-state index in [9.17, 15) is 28.5 Å². The van der Waals surface area contributed by atoms with Gasteiger partial charge in [0.1, 0.15) is 16.7 Å². The summed E-state index contributed by atoms with van der Waals surface area (Å²) >= 11 is 5.74. The molecule has 3 rings (SSSR count). The van der Waals surface area contributed by atoms with Gasteiger partial charge in [-0.1, -0.05) is 35.9 Å². The highest BCUT2D eigenvalue weighted by Gasteiger charge is 2.22. The number of halogens is 3. The topological polar surface area (TPSA) is 101 Å². The molecule has 0 saturated carbocycles. The molecular formula is C22H16ClF2N3O4. The van der Waals surface area contributed by atoms with Gasteiger partial charge in [-0.2, -0.15) is 0 Å². The first-order chi connectivity index (χ1) is 15.2. The predicted octanol–water partition coefficient (Wildman–Crippen LogP) is 4.57. The van der Waals surface area contributed by atoms with Gasteiger partial charge in [-0.3, -0.25) is 19.7 Å². The molecule has 164 valence electrons. The van der Waals surface area contributed by atoms with E-state index in [1.54, 1.807) is 12.1 Å². The lowest BCUT2D eigenvalue weighted by Crippen LogP contribution is -2.38. The second-order valence-electron chi connectivity index (χ2n) is 6.79. The van der Waals surface area contributed by atoms with Gasteiger partial charge in [-0.15, -0.1) is 0 Å². The summed E-state index contributed by atoms with van der Waals surface area (Å²) in [6, 6.07) is 13.8. The van der Waals surface area contributed by atoms with Gasteiger partial charge in [0.05, 0.1) is 11.0 Å². The largest absolute Gasteiger partial charge is 0.341 e. The summed E-state index contributed by atoms with van der Waals surface area (Å²) in [6.45, 7) is 0. The van der Waals surface area contributed by atoms with Crippen LogP contribution in [-0.4, -0.2) is 16.7 Å². The minimum Gasteiger partial charge on any atom is -0.341 e. The van der Waals surface area contributed by atoms with Crippen molar-refractivity contribution < 1.29 is 23.3 Å². The number of hydrogen-bond acceptors (Lipinski definition) is 4. The SMILES string of the molecule is O=C(Nc1ccc(Cl)c([N+](=O)[O-])c1)C(=O)N[C@H](Cc1cccc(F)c1)c1cccc(F)c1. The number of anilines is 1. The molecule has 0 aliphatic carbocycles. The van der Waals surface area contributed by atoms with Gasteiger partial charge in [-0.05, 0) is 53.9 Å². The number of nitrogens with zero attached hydrogens (tertiary/aromatic N) is 1. The molecule has 10 heteroatoms. The van der Waals surface area contributed by atoms with E-state index in [-0.39, 0.29) is 17.1 Å². The molecule has 0 unspecified atom stereocenters. The monoisotopic (exact) mass is 459 g/mol. The number of carbonyl (C=O) groups excluding carboxylic acids is 2. The van der Waals surface area contributed by atoms with Crippen LogP contribution in [0.5, 0.6) is 0 Å². The Bertz CT molecular complexity index is 1190. The molecule has 0 fully saturated rings. The molecule has 0 bridgehead atoms. The number of nitrogens with one attached hydrogen (secondary N) is 2. The number of carbonyl (C=O) groups is 2. The Kier molecular flexibility index (Phi) is 7.11. The van der Waals surface area contributed by atoms with Gasteiger partial charge in [0.25, 0.3) is 5.69 Å². The van der Waals surface area contributed by atoms with Crippen LogP contribution in [0.1, 0.15) is 17.2 Å². The highest BCUT2D eigenvalue weighted by molar-refractivity contribution is 6.39. The summed E-state index contributed by atoms with van der Waals surface area (Å²) < 4.78 is 27.3. The van der Waals surface area contributed by atoms with Gasteiger partial charge in [-0.25, -0.2) is 8.78 Å². The first-order valence-corrected chi connectivity index (χ1v) is 9.66. The lowest BCUT2D eigenvalue weighted by atomic mass is 9.98. The van der Waals surface area contributed by atoms with Crippen molar-refractivity contribution in [2.45, 2.75) is 12.5 Å². The molecule has 0 aliphatic rings. The molecule has 7 nitrogen and oxygen atoms in total. The molecule has 0 heterocycles. The van der Waals surface area contributed by atoms with Crippen LogP contribution in [0.25, 0.3) is 0 Å². The van der Waals surface area contributed by atoms with Crippen molar-refractivity contribution in [3.63, 3.8) is 0 Å². The van der Waals surface area contributed by atoms with Gasteiger partial charge >= 0.3 is 11.8 Å². The average Bonchev–Trinajstić information content (AvgIpc) is 2.74. The van der Waals surface area contributed by atoms with Crippen LogP contribution in [0.3, 0.4) is 0 Å². The van der Waals surface area contributed by atoms with E-state index in [1.165, 1.54) is 48.5 Å². The van der Waals surface area contributed by atoms with Crippen LogP contribution in [-0.2, 0) is 16.0 Å². The third-order valence-electron chi connectivity index (χ3n) is 4.49. The fourth-order valence-corrected chi connectivity index (χ4v) is 3.20. The summed E-state index contributed by atoms with van der Waals surface area (Å²) in [4.78, 5) is 35.1. The van der Waals surface area contributed by atoms with Crippen molar-refractivity contribution in [3.05, 3.63) is 105 Å². The summed E-state index contributed by atoms with van der Waals surface area (Å²) in [5, 5.41) is 15.6. The number of rotatable bonds is 6. The second-order valence-corrected chi connectivity index (χ2v) is 7.20.